The smallest absolute Gasteiger partial charge is 0.267 e. The minimum Gasteiger partial charge on any atom is -0.332 e. The Bertz CT molecular complexity index is 405. The van der Waals surface area contributed by atoms with Crippen LogP contribution in [0.15, 0.2) is 28.7 Å². The fourth-order valence-electron chi connectivity index (χ4n) is 1.68. The average molecular weight is 290 g/mol. The molecular formula is C11H10BrF2NO. The predicted molar refractivity (Wildman–Crippen MR) is 59.6 cm³/mol. The molecule has 1 aliphatic rings. The second kappa shape index (κ2) is 4.13. The maximum absolute atomic E-state index is 12.9. The van der Waals surface area contributed by atoms with Crippen LogP contribution in [0.2, 0.25) is 0 Å². The average Bonchev–Trinajstić information content (AvgIpc) is 2.59. The second-order valence-corrected chi connectivity index (χ2v) is 4.76. The molecule has 0 unspecified atom stereocenters. The van der Waals surface area contributed by atoms with Gasteiger partial charge in [0.2, 0.25) is 0 Å². The third-order valence-corrected chi connectivity index (χ3v) is 3.08. The lowest BCUT2D eigenvalue weighted by Crippen LogP contribution is -2.31. The lowest BCUT2D eigenvalue weighted by atomic mass is 10.2. The highest BCUT2D eigenvalue weighted by Crippen LogP contribution is 2.27. The summed E-state index contributed by atoms with van der Waals surface area (Å²) in [6.45, 7) is -0.343. The first-order valence-corrected chi connectivity index (χ1v) is 5.70. The summed E-state index contributed by atoms with van der Waals surface area (Å²) in [6, 6.07) is 6.70. The zero-order chi connectivity index (χ0) is 11.8. The van der Waals surface area contributed by atoms with Crippen molar-refractivity contribution < 1.29 is 13.6 Å². The number of likely N-dealkylation sites (tertiary alicyclic amines) is 1. The van der Waals surface area contributed by atoms with Crippen molar-refractivity contribution in [2.75, 3.05) is 13.1 Å². The van der Waals surface area contributed by atoms with Crippen LogP contribution in [0.4, 0.5) is 8.78 Å². The van der Waals surface area contributed by atoms with E-state index in [1.807, 2.05) is 0 Å². The summed E-state index contributed by atoms with van der Waals surface area (Å²) in [4.78, 5) is 13.0. The molecule has 1 saturated heterocycles. The van der Waals surface area contributed by atoms with Crippen LogP contribution in [0.3, 0.4) is 0 Å². The third kappa shape index (κ3) is 2.40. The number of alkyl halides is 2. The van der Waals surface area contributed by atoms with Gasteiger partial charge in [0.25, 0.3) is 11.8 Å². The van der Waals surface area contributed by atoms with E-state index in [9.17, 15) is 13.6 Å². The summed E-state index contributed by atoms with van der Waals surface area (Å²) in [5.74, 6) is -3.06. The van der Waals surface area contributed by atoms with Gasteiger partial charge in [-0.05, 0) is 24.3 Å². The van der Waals surface area contributed by atoms with E-state index in [2.05, 4.69) is 15.9 Å². The number of carbonyl (C=O) groups is 1. The monoisotopic (exact) mass is 289 g/mol. The Hall–Kier alpha value is -0.970. The molecule has 0 N–H and O–H groups in total. The van der Waals surface area contributed by atoms with Gasteiger partial charge in [0.1, 0.15) is 0 Å². The highest BCUT2D eigenvalue weighted by Gasteiger charge is 2.40. The highest BCUT2D eigenvalue weighted by atomic mass is 79.9. The number of hydrogen-bond acceptors (Lipinski definition) is 1. The van der Waals surface area contributed by atoms with Crippen molar-refractivity contribution in [3.05, 3.63) is 34.3 Å². The summed E-state index contributed by atoms with van der Waals surface area (Å²) in [6.07, 6.45) is -0.241. The number of amides is 1. The van der Waals surface area contributed by atoms with E-state index in [1.54, 1.807) is 24.3 Å². The molecular weight excluding hydrogens is 280 g/mol. The molecule has 1 aromatic rings. The molecule has 2 nitrogen and oxygen atoms in total. The zero-order valence-corrected chi connectivity index (χ0v) is 10.0. The van der Waals surface area contributed by atoms with Gasteiger partial charge in [0, 0.05) is 23.0 Å². The van der Waals surface area contributed by atoms with Crippen LogP contribution in [0, 0.1) is 0 Å². The fraction of sp³-hybridized carbons (Fsp3) is 0.364. The van der Waals surface area contributed by atoms with Crippen molar-refractivity contribution in [1.29, 1.82) is 0 Å². The van der Waals surface area contributed by atoms with Gasteiger partial charge in [0.15, 0.2) is 0 Å². The van der Waals surface area contributed by atoms with Gasteiger partial charge in [-0.3, -0.25) is 4.79 Å². The molecule has 16 heavy (non-hydrogen) atoms. The fourth-order valence-corrected chi connectivity index (χ4v) is 1.95. The van der Waals surface area contributed by atoms with Crippen molar-refractivity contribution in [2.45, 2.75) is 12.3 Å². The Morgan fingerprint density at radius 2 is 1.94 bits per heavy atom. The minimum atomic E-state index is -2.73. The Morgan fingerprint density at radius 1 is 1.31 bits per heavy atom. The van der Waals surface area contributed by atoms with Crippen LogP contribution < -0.4 is 0 Å². The molecule has 1 fully saturated rings. The first kappa shape index (κ1) is 11.5. The molecule has 1 amide bonds. The number of nitrogens with zero attached hydrogens (tertiary/aromatic N) is 1. The lowest BCUT2D eigenvalue weighted by molar-refractivity contribution is 0.0120. The quantitative estimate of drug-likeness (QED) is 0.778. The number of halogens is 3. The van der Waals surface area contributed by atoms with E-state index in [0.29, 0.717) is 5.56 Å². The molecule has 0 saturated carbocycles. The molecule has 0 radical (unpaired) electrons. The van der Waals surface area contributed by atoms with E-state index >= 15 is 0 Å². The summed E-state index contributed by atoms with van der Waals surface area (Å²) in [7, 11) is 0. The molecule has 1 heterocycles. The van der Waals surface area contributed by atoms with Gasteiger partial charge < -0.3 is 4.90 Å². The highest BCUT2D eigenvalue weighted by molar-refractivity contribution is 9.10. The summed E-state index contributed by atoms with van der Waals surface area (Å²) >= 11 is 3.25. The molecule has 2 rings (SSSR count). The van der Waals surface area contributed by atoms with Crippen LogP contribution >= 0.6 is 15.9 Å². The number of rotatable bonds is 1. The van der Waals surface area contributed by atoms with Crippen LogP contribution in [-0.2, 0) is 0 Å². The first-order chi connectivity index (χ1) is 7.48. The van der Waals surface area contributed by atoms with Crippen molar-refractivity contribution in [1.82, 2.24) is 4.90 Å². The minimum absolute atomic E-state index is 0.127. The predicted octanol–water partition coefficient (Wildman–Crippen LogP) is 2.93. The van der Waals surface area contributed by atoms with Crippen molar-refractivity contribution in [3.63, 3.8) is 0 Å². The van der Waals surface area contributed by atoms with E-state index in [0.717, 1.165) is 4.47 Å². The standard InChI is InChI=1S/C11H10BrF2NO/c12-9-3-1-8(2-4-9)10(16)15-6-5-11(13,14)7-15/h1-4H,5-7H2. The molecule has 1 aromatic carbocycles. The maximum atomic E-state index is 12.9. The molecule has 0 bridgehead atoms. The maximum Gasteiger partial charge on any atom is 0.267 e. The molecule has 0 spiro atoms. The Morgan fingerprint density at radius 3 is 2.44 bits per heavy atom. The summed E-state index contributed by atoms with van der Waals surface area (Å²) in [5, 5.41) is 0. The number of hydrogen-bond donors (Lipinski definition) is 0. The van der Waals surface area contributed by atoms with Gasteiger partial charge in [-0.1, -0.05) is 15.9 Å². The molecule has 0 aromatic heterocycles. The van der Waals surface area contributed by atoms with E-state index in [4.69, 9.17) is 0 Å². The topological polar surface area (TPSA) is 20.3 Å². The third-order valence-electron chi connectivity index (χ3n) is 2.55. The van der Waals surface area contributed by atoms with Crippen LogP contribution in [0.25, 0.3) is 0 Å². The molecule has 0 atom stereocenters. The Balaban J connectivity index is 2.12. The Kier molecular flexibility index (Phi) is 2.97. The molecule has 5 heteroatoms. The van der Waals surface area contributed by atoms with Crippen LogP contribution in [0.5, 0.6) is 0 Å². The van der Waals surface area contributed by atoms with E-state index in [1.165, 1.54) is 4.90 Å². The van der Waals surface area contributed by atoms with Crippen LogP contribution in [0.1, 0.15) is 16.8 Å². The van der Waals surface area contributed by atoms with Gasteiger partial charge in [0.05, 0.1) is 6.54 Å². The first-order valence-electron chi connectivity index (χ1n) is 4.91. The van der Waals surface area contributed by atoms with Crippen molar-refractivity contribution in [3.8, 4) is 0 Å². The van der Waals surface area contributed by atoms with Gasteiger partial charge in [-0.15, -0.1) is 0 Å². The van der Waals surface area contributed by atoms with E-state index in [-0.39, 0.29) is 18.9 Å². The number of benzene rings is 1. The second-order valence-electron chi connectivity index (χ2n) is 3.84. The van der Waals surface area contributed by atoms with Crippen molar-refractivity contribution in [2.24, 2.45) is 0 Å². The number of carbonyl (C=O) groups excluding carboxylic acids is 1. The molecule has 1 aliphatic heterocycles. The summed E-state index contributed by atoms with van der Waals surface area (Å²) in [5.41, 5.74) is 0.445. The Labute approximate surface area is 100 Å². The van der Waals surface area contributed by atoms with Gasteiger partial charge in [-0.25, -0.2) is 8.78 Å². The largest absolute Gasteiger partial charge is 0.332 e. The van der Waals surface area contributed by atoms with Crippen LogP contribution in [-0.4, -0.2) is 29.8 Å². The van der Waals surface area contributed by atoms with Gasteiger partial charge in [-0.2, -0.15) is 0 Å². The lowest BCUT2D eigenvalue weighted by Gasteiger charge is -2.15. The van der Waals surface area contributed by atoms with Crippen molar-refractivity contribution >= 4 is 21.8 Å². The van der Waals surface area contributed by atoms with E-state index < -0.39 is 12.5 Å². The SMILES string of the molecule is O=C(c1ccc(Br)cc1)N1CCC(F)(F)C1. The van der Waals surface area contributed by atoms with Gasteiger partial charge >= 0.3 is 0 Å². The zero-order valence-electron chi connectivity index (χ0n) is 8.42. The normalized spacial score (nSPS) is 18.8. The molecule has 86 valence electrons. The molecule has 0 aliphatic carbocycles. The summed E-state index contributed by atoms with van der Waals surface area (Å²) < 4.78 is 26.7.